The van der Waals surface area contributed by atoms with Crippen molar-refractivity contribution in [2.75, 3.05) is 18.4 Å². The summed E-state index contributed by atoms with van der Waals surface area (Å²) < 4.78 is 0. The SMILES string of the molecule is CCN(CC)C(=O)C1(C(=O)Nc2c(Cl)cccc2Cl)CC1. The third-order valence-electron chi connectivity index (χ3n) is 3.85. The molecule has 1 aromatic carbocycles. The van der Waals surface area contributed by atoms with Gasteiger partial charge in [0.05, 0.1) is 15.7 Å². The van der Waals surface area contributed by atoms with Crippen LogP contribution in [0.25, 0.3) is 0 Å². The van der Waals surface area contributed by atoms with Crippen LogP contribution < -0.4 is 5.32 Å². The van der Waals surface area contributed by atoms with E-state index in [1.54, 1.807) is 23.1 Å². The van der Waals surface area contributed by atoms with Crippen molar-refractivity contribution < 1.29 is 9.59 Å². The lowest BCUT2D eigenvalue weighted by Crippen LogP contribution is -2.42. The Bertz CT molecular complexity index is 547. The summed E-state index contributed by atoms with van der Waals surface area (Å²) in [5, 5.41) is 3.44. The Morgan fingerprint density at radius 1 is 1.19 bits per heavy atom. The van der Waals surface area contributed by atoms with Gasteiger partial charge in [-0.2, -0.15) is 0 Å². The topological polar surface area (TPSA) is 49.4 Å². The number of amides is 2. The molecule has 0 heterocycles. The highest BCUT2D eigenvalue weighted by molar-refractivity contribution is 6.40. The molecule has 1 aliphatic carbocycles. The number of rotatable bonds is 5. The maximum absolute atomic E-state index is 12.5. The van der Waals surface area contributed by atoms with Crippen LogP contribution in [-0.4, -0.2) is 29.8 Å². The van der Waals surface area contributed by atoms with Gasteiger partial charge < -0.3 is 10.2 Å². The lowest BCUT2D eigenvalue weighted by Gasteiger charge is -2.24. The molecule has 1 fully saturated rings. The first-order valence-corrected chi connectivity index (χ1v) is 7.76. The van der Waals surface area contributed by atoms with Gasteiger partial charge in [0, 0.05) is 13.1 Å². The van der Waals surface area contributed by atoms with Crippen LogP contribution in [0.1, 0.15) is 26.7 Å². The second-order valence-corrected chi connectivity index (χ2v) is 5.92. The van der Waals surface area contributed by atoms with Crippen molar-refractivity contribution >= 4 is 40.7 Å². The predicted octanol–water partition coefficient (Wildman–Crippen LogP) is 3.58. The second kappa shape index (κ2) is 6.24. The molecule has 2 rings (SSSR count). The van der Waals surface area contributed by atoms with Gasteiger partial charge in [0.1, 0.15) is 5.41 Å². The third kappa shape index (κ3) is 3.01. The standard InChI is InChI=1S/C15H18Cl2N2O2/c1-3-19(4-2)14(21)15(8-9-15)13(20)18-12-10(16)6-5-7-11(12)17/h5-7H,3-4,8-9H2,1-2H3,(H,18,20). The number of carbonyl (C=O) groups excluding carboxylic acids is 2. The van der Waals surface area contributed by atoms with Crippen molar-refractivity contribution in [3.63, 3.8) is 0 Å². The number of hydrogen-bond donors (Lipinski definition) is 1. The molecule has 0 bridgehead atoms. The Kier molecular flexibility index (Phi) is 4.79. The van der Waals surface area contributed by atoms with Crippen LogP contribution in [0.3, 0.4) is 0 Å². The summed E-state index contributed by atoms with van der Waals surface area (Å²) in [5.41, 5.74) is -0.585. The lowest BCUT2D eigenvalue weighted by atomic mass is 10.0. The fraction of sp³-hybridized carbons (Fsp3) is 0.467. The van der Waals surface area contributed by atoms with E-state index in [1.807, 2.05) is 13.8 Å². The molecule has 0 atom stereocenters. The molecule has 0 spiro atoms. The van der Waals surface area contributed by atoms with E-state index in [1.165, 1.54) is 0 Å². The summed E-state index contributed by atoms with van der Waals surface area (Å²) in [6.45, 7) is 5.00. The van der Waals surface area contributed by atoms with Crippen molar-refractivity contribution in [3.05, 3.63) is 28.2 Å². The average molecular weight is 329 g/mol. The number of benzene rings is 1. The maximum atomic E-state index is 12.5. The fourth-order valence-electron chi connectivity index (χ4n) is 2.33. The van der Waals surface area contributed by atoms with Gasteiger partial charge in [0.25, 0.3) is 0 Å². The monoisotopic (exact) mass is 328 g/mol. The van der Waals surface area contributed by atoms with E-state index in [4.69, 9.17) is 23.2 Å². The quantitative estimate of drug-likeness (QED) is 0.840. The zero-order valence-corrected chi connectivity index (χ0v) is 13.6. The number of halogens is 2. The van der Waals surface area contributed by atoms with Gasteiger partial charge in [-0.05, 0) is 38.8 Å². The smallest absolute Gasteiger partial charge is 0.240 e. The molecule has 2 amide bonds. The first kappa shape index (κ1) is 16.1. The van der Waals surface area contributed by atoms with E-state index in [2.05, 4.69) is 5.32 Å². The Morgan fingerprint density at radius 3 is 2.14 bits per heavy atom. The summed E-state index contributed by atoms with van der Waals surface area (Å²) >= 11 is 12.1. The molecule has 114 valence electrons. The summed E-state index contributed by atoms with van der Waals surface area (Å²) in [6.07, 6.45) is 1.13. The maximum Gasteiger partial charge on any atom is 0.240 e. The molecule has 0 aliphatic heterocycles. The number of para-hydroxylation sites is 1. The lowest BCUT2D eigenvalue weighted by molar-refractivity contribution is -0.141. The first-order chi connectivity index (χ1) is 9.96. The first-order valence-electron chi connectivity index (χ1n) is 7.01. The summed E-state index contributed by atoms with van der Waals surface area (Å²) in [6, 6.07) is 5.00. The second-order valence-electron chi connectivity index (χ2n) is 5.11. The molecule has 1 N–H and O–H groups in total. The van der Waals surface area contributed by atoms with Crippen LogP contribution in [0.5, 0.6) is 0 Å². The summed E-state index contributed by atoms with van der Waals surface area (Å²) in [7, 11) is 0. The van der Waals surface area contributed by atoms with Crippen LogP contribution in [-0.2, 0) is 9.59 Å². The molecular weight excluding hydrogens is 311 g/mol. The minimum absolute atomic E-state index is 0.117. The van der Waals surface area contributed by atoms with Crippen molar-refractivity contribution in [2.24, 2.45) is 5.41 Å². The fourth-order valence-corrected chi connectivity index (χ4v) is 2.82. The summed E-state index contributed by atoms with van der Waals surface area (Å²) in [4.78, 5) is 26.7. The summed E-state index contributed by atoms with van der Waals surface area (Å²) in [5.74, 6) is -0.442. The Balaban J connectivity index is 2.19. The molecular formula is C15H18Cl2N2O2. The zero-order chi connectivity index (χ0) is 15.6. The molecule has 0 aromatic heterocycles. The molecule has 0 unspecified atom stereocenters. The van der Waals surface area contributed by atoms with Gasteiger partial charge in [-0.1, -0.05) is 29.3 Å². The number of nitrogens with zero attached hydrogens (tertiary/aromatic N) is 1. The number of nitrogens with one attached hydrogen (secondary N) is 1. The molecule has 0 saturated heterocycles. The van der Waals surface area contributed by atoms with E-state index < -0.39 is 5.41 Å². The van der Waals surface area contributed by atoms with Crippen molar-refractivity contribution in [1.82, 2.24) is 4.90 Å². The number of hydrogen-bond acceptors (Lipinski definition) is 2. The van der Waals surface area contributed by atoms with Crippen LogP contribution in [0.15, 0.2) is 18.2 Å². The highest BCUT2D eigenvalue weighted by atomic mass is 35.5. The van der Waals surface area contributed by atoms with Crippen LogP contribution in [0, 0.1) is 5.41 Å². The van der Waals surface area contributed by atoms with Gasteiger partial charge in [-0.3, -0.25) is 9.59 Å². The van der Waals surface area contributed by atoms with Gasteiger partial charge >= 0.3 is 0 Å². The highest BCUT2D eigenvalue weighted by Gasteiger charge is 2.57. The van der Waals surface area contributed by atoms with E-state index >= 15 is 0 Å². The van der Waals surface area contributed by atoms with Crippen LogP contribution in [0.4, 0.5) is 5.69 Å². The predicted molar refractivity (Wildman–Crippen MR) is 84.7 cm³/mol. The minimum atomic E-state index is -0.950. The van der Waals surface area contributed by atoms with Crippen molar-refractivity contribution in [2.45, 2.75) is 26.7 Å². The molecule has 21 heavy (non-hydrogen) atoms. The van der Waals surface area contributed by atoms with Crippen LogP contribution in [0.2, 0.25) is 10.0 Å². The zero-order valence-electron chi connectivity index (χ0n) is 12.1. The molecule has 1 aromatic rings. The van der Waals surface area contributed by atoms with E-state index in [-0.39, 0.29) is 11.8 Å². The Hall–Kier alpha value is -1.26. The Morgan fingerprint density at radius 2 is 1.71 bits per heavy atom. The molecule has 1 saturated carbocycles. The minimum Gasteiger partial charge on any atom is -0.342 e. The van der Waals surface area contributed by atoms with Gasteiger partial charge in [0.15, 0.2) is 0 Å². The normalized spacial score (nSPS) is 15.4. The van der Waals surface area contributed by atoms with Crippen molar-refractivity contribution in [1.29, 1.82) is 0 Å². The average Bonchev–Trinajstić information content (AvgIpc) is 3.25. The van der Waals surface area contributed by atoms with Gasteiger partial charge in [-0.25, -0.2) is 0 Å². The van der Waals surface area contributed by atoms with Gasteiger partial charge in [-0.15, -0.1) is 0 Å². The molecule has 6 heteroatoms. The highest BCUT2D eigenvalue weighted by Crippen LogP contribution is 2.48. The van der Waals surface area contributed by atoms with E-state index in [0.29, 0.717) is 41.7 Å². The molecule has 1 aliphatic rings. The largest absolute Gasteiger partial charge is 0.342 e. The van der Waals surface area contributed by atoms with Crippen molar-refractivity contribution in [3.8, 4) is 0 Å². The molecule has 0 radical (unpaired) electrons. The Labute approximate surface area is 134 Å². The van der Waals surface area contributed by atoms with E-state index in [0.717, 1.165) is 0 Å². The third-order valence-corrected chi connectivity index (χ3v) is 4.48. The van der Waals surface area contributed by atoms with Crippen LogP contribution >= 0.6 is 23.2 Å². The van der Waals surface area contributed by atoms with E-state index in [9.17, 15) is 9.59 Å². The number of carbonyl (C=O) groups is 2. The van der Waals surface area contributed by atoms with Gasteiger partial charge in [0.2, 0.25) is 11.8 Å². The number of anilines is 1. The molecule has 4 nitrogen and oxygen atoms in total.